The Balaban J connectivity index is 3.43. The molecule has 0 bridgehead atoms. The van der Waals surface area contributed by atoms with Gasteiger partial charge in [-0.05, 0) is 13.3 Å². The third-order valence-electron chi connectivity index (χ3n) is 1.22. The highest BCUT2D eigenvalue weighted by molar-refractivity contribution is 5.73. The van der Waals surface area contributed by atoms with Crippen LogP contribution < -0.4 is 0 Å². The lowest BCUT2D eigenvalue weighted by atomic mass is 10.4. The van der Waals surface area contributed by atoms with E-state index in [4.69, 9.17) is 4.74 Å². The molecular weight excluding hydrogens is 144 g/mol. The van der Waals surface area contributed by atoms with Gasteiger partial charge in [-0.1, -0.05) is 6.08 Å². The molecular formula is C8H14O3. The van der Waals surface area contributed by atoms with Crippen LogP contribution in [0.25, 0.3) is 0 Å². The second-order valence-corrected chi connectivity index (χ2v) is 2.11. The van der Waals surface area contributed by atoms with E-state index < -0.39 is 6.10 Å². The fourth-order valence-corrected chi connectivity index (χ4v) is 0.562. The highest BCUT2D eigenvalue weighted by Crippen LogP contribution is 1.94. The molecule has 0 rings (SSSR count). The van der Waals surface area contributed by atoms with Crippen LogP contribution in [0.2, 0.25) is 0 Å². The van der Waals surface area contributed by atoms with Crippen molar-refractivity contribution in [2.24, 2.45) is 0 Å². The molecule has 0 saturated heterocycles. The SMILES string of the molecule is C=CCCOC(C)C(=O)OC. The number of hydrogen-bond donors (Lipinski definition) is 0. The smallest absolute Gasteiger partial charge is 0.334 e. The van der Waals surface area contributed by atoms with Crippen molar-refractivity contribution in [1.29, 1.82) is 0 Å². The van der Waals surface area contributed by atoms with Gasteiger partial charge in [0.15, 0.2) is 6.10 Å². The van der Waals surface area contributed by atoms with Gasteiger partial charge in [0.25, 0.3) is 0 Å². The molecule has 0 spiro atoms. The summed E-state index contributed by atoms with van der Waals surface area (Å²) in [6, 6.07) is 0. The minimum atomic E-state index is -0.472. The molecule has 0 aliphatic heterocycles. The summed E-state index contributed by atoms with van der Waals surface area (Å²) in [5.41, 5.74) is 0. The molecule has 3 nitrogen and oxygen atoms in total. The average Bonchev–Trinajstić information content (AvgIpc) is 2.03. The van der Waals surface area contributed by atoms with Crippen molar-refractivity contribution in [3.8, 4) is 0 Å². The maximum Gasteiger partial charge on any atom is 0.334 e. The van der Waals surface area contributed by atoms with Crippen LogP contribution in [-0.4, -0.2) is 25.8 Å². The highest BCUT2D eigenvalue weighted by Gasteiger charge is 2.11. The zero-order chi connectivity index (χ0) is 8.69. The van der Waals surface area contributed by atoms with Gasteiger partial charge in [-0.15, -0.1) is 6.58 Å². The number of esters is 1. The van der Waals surface area contributed by atoms with Gasteiger partial charge in [0, 0.05) is 0 Å². The average molecular weight is 158 g/mol. The van der Waals surface area contributed by atoms with E-state index in [0.717, 1.165) is 6.42 Å². The Morgan fingerprint density at radius 3 is 2.82 bits per heavy atom. The molecule has 11 heavy (non-hydrogen) atoms. The number of rotatable bonds is 5. The van der Waals surface area contributed by atoms with E-state index in [1.165, 1.54) is 7.11 Å². The Labute approximate surface area is 67.0 Å². The molecule has 0 N–H and O–H groups in total. The van der Waals surface area contributed by atoms with Crippen molar-refractivity contribution >= 4 is 5.97 Å². The number of methoxy groups -OCH3 is 1. The first-order valence-electron chi connectivity index (χ1n) is 3.52. The molecule has 0 aromatic heterocycles. The first-order chi connectivity index (χ1) is 5.22. The monoisotopic (exact) mass is 158 g/mol. The van der Waals surface area contributed by atoms with Crippen LogP contribution in [0.15, 0.2) is 12.7 Å². The molecule has 0 radical (unpaired) electrons. The van der Waals surface area contributed by atoms with E-state index >= 15 is 0 Å². The standard InChI is InChI=1S/C8H14O3/c1-4-5-6-11-7(2)8(9)10-3/h4,7H,1,5-6H2,2-3H3. The molecule has 0 heterocycles. The summed E-state index contributed by atoms with van der Waals surface area (Å²) in [7, 11) is 1.34. The molecule has 64 valence electrons. The maximum absolute atomic E-state index is 10.7. The van der Waals surface area contributed by atoms with Crippen LogP contribution in [0.1, 0.15) is 13.3 Å². The lowest BCUT2D eigenvalue weighted by Crippen LogP contribution is -2.22. The van der Waals surface area contributed by atoms with Gasteiger partial charge in [0.05, 0.1) is 13.7 Å². The predicted octanol–water partition coefficient (Wildman–Crippen LogP) is 1.14. The molecule has 0 aromatic rings. The molecule has 0 amide bonds. The Morgan fingerprint density at radius 2 is 2.36 bits per heavy atom. The van der Waals surface area contributed by atoms with E-state index in [9.17, 15) is 4.79 Å². The lowest BCUT2D eigenvalue weighted by Gasteiger charge is -2.08. The quantitative estimate of drug-likeness (QED) is 0.342. The Kier molecular flexibility index (Phi) is 5.47. The van der Waals surface area contributed by atoms with Gasteiger partial charge in [-0.25, -0.2) is 4.79 Å². The van der Waals surface area contributed by atoms with E-state index in [1.807, 2.05) is 0 Å². The van der Waals surface area contributed by atoms with Gasteiger partial charge < -0.3 is 9.47 Å². The third-order valence-corrected chi connectivity index (χ3v) is 1.22. The van der Waals surface area contributed by atoms with Gasteiger partial charge in [-0.3, -0.25) is 0 Å². The Hall–Kier alpha value is -0.830. The van der Waals surface area contributed by atoms with Crippen LogP contribution >= 0.6 is 0 Å². The van der Waals surface area contributed by atoms with Crippen LogP contribution in [0.5, 0.6) is 0 Å². The van der Waals surface area contributed by atoms with Crippen molar-refractivity contribution in [3.05, 3.63) is 12.7 Å². The summed E-state index contributed by atoms with van der Waals surface area (Å²) in [5, 5.41) is 0. The summed E-state index contributed by atoms with van der Waals surface area (Å²) in [4.78, 5) is 10.7. The minimum absolute atomic E-state index is 0.339. The van der Waals surface area contributed by atoms with Crippen molar-refractivity contribution in [2.45, 2.75) is 19.4 Å². The van der Waals surface area contributed by atoms with Crippen LogP contribution in [-0.2, 0) is 14.3 Å². The van der Waals surface area contributed by atoms with E-state index in [1.54, 1.807) is 13.0 Å². The largest absolute Gasteiger partial charge is 0.467 e. The normalized spacial score (nSPS) is 12.2. The number of carbonyl (C=O) groups excluding carboxylic acids is 1. The third kappa shape index (κ3) is 4.56. The van der Waals surface area contributed by atoms with Crippen LogP contribution in [0.4, 0.5) is 0 Å². The Bertz CT molecular complexity index is 131. The Morgan fingerprint density at radius 1 is 1.73 bits per heavy atom. The first kappa shape index (κ1) is 10.2. The van der Waals surface area contributed by atoms with Gasteiger partial charge in [0.1, 0.15) is 0 Å². The summed E-state index contributed by atoms with van der Waals surface area (Å²) in [6.45, 7) is 5.70. The van der Waals surface area contributed by atoms with Crippen LogP contribution in [0.3, 0.4) is 0 Å². The van der Waals surface area contributed by atoms with E-state index in [0.29, 0.717) is 6.61 Å². The molecule has 1 atom stereocenters. The number of ether oxygens (including phenoxy) is 2. The maximum atomic E-state index is 10.7. The molecule has 0 aliphatic carbocycles. The van der Waals surface area contributed by atoms with Gasteiger partial charge >= 0.3 is 5.97 Å². The molecule has 1 unspecified atom stereocenters. The van der Waals surface area contributed by atoms with Crippen molar-refractivity contribution in [1.82, 2.24) is 0 Å². The lowest BCUT2D eigenvalue weighted by molar-refractivity contribution is -0.152. The molecule has 0 fully saturated rings. The van der Waals surface area contributed by atoms with Crippen molar-refractivity contribution in [2.75, 3.05) is 13.7 Å². The summed E-state index contributed by atoms with van der Waals surface area (Å²) in [6.07, 6.45) is 2.02. The molecule has 3 heteroatoms. The molecule has 0 saturated carbocycles. The van der Waals surface area contributed by atoms with Crippen molar-refractivity contribution < 1.29 is 14.3 Å². The van der Waals surface area contributed by atoms with Crippen LogP contribution in [0, 0.1) is 0 Å². The topological polar surface area (TPSA) is 35.5 Å². The van der Waals surface area contributed by atoms with Gasteiger partial charge in [-0.2, -0.15) is 0 Å². The fourth-order valence-electron chi connectivity index (χ4n) is 0.562. The zero-order valence-corrected chi connectivity index (χ0v) is 7.00. The summed E-state index contributed by atoms with van der Waals surface area (Å²) >= 11 is 0. The summed E-state index contributed by atoms with van der Waals surface area (Å²) in [5.74, 6) is -0.339. The second-order valence-electron chi connectivity index (χ2n) is 2.11. The van der Waals surface area contributed by atoms with Gasteiger partial charge in [0.2, 0.25) is 0 Å². The molecule has 0 aromatic carbocycles. The predicted molar refractivity (Wildman–Crippen MR) is 42.2 cm³/mol. The van der Waals surface area contributed by atoms with E-state index in [2.05, 4.69) is 11.3 Å². The fraction of sp³-hybridized carbons (Fsp3) is 0.625. The number of carbonyl (C=O) groups is 1. The summed E-state index contributed by atoms with van der Waals surface area (Å²) < 4.78 is 9.54. The molecule has 0 aliphatic rings. The second kappa shape index (κ2) is 5.92. The first-order valence-corrected chi connectivity index (χ1v) is 3.52. The zero-order valence-electron chi connectivity index (χ0n) is 7.00. The van der Waals surface area contributed by atoms with Crippen molar-refractivity contribution in [3.63, 3.8) is 0 Å². The minimum Gasteiger partial charge on any atom is -0.467 e. The van der Waals surface area contributed by atoms with E-state index in [-0.39, 0.29) is 5.97 Å². The highest BCUT2D eigenvalue weighted by atomic mass is 16.6. The number of hydrogen-bond acceptors (Lipinski definition) is 3.